The molecule has 0 amide bonds. The number of nitrogens with zero attached hydrogens (tertiary/aromatic N) is 1. The van der Waals surface area contributed by atoms with Crippen molar-refractivity contribution >= 4 is 59.3 Å². The van der Waals surface area contributed by atoms with Gasteiger partial charge in [0.15, 0.2) is 0 Å². The summed E-state index contributed by atoms with van der Waals surface area (Å²) in [6, 6.07) is 64.2. The van der Waals surface area contributed by atoms with Crippen LogP contribution in [0.2, 0.25) is 0 Å². The number of hydrogen-bond donors (Lipinski definition) is 0. The molecule has 2 heteroatoms. The maximum atomic E-state index is 2.53. The summed E-state index contributed by atoms with van der Waals surface area (Å²) in [6.45, 7) is 4.76. The van der Waals surface area contributed by atoms with Crippen molar-refractivity contribution < 1.29 is 0 Å². The zero-order valence-corrected chi connectivity index (χ0v) is 33.5. The van der Waals surface area contributed by atoms with E-state index in [0.29, 0.717) is 5.92 Å². The number of benzene rings is 8. The molecule has 1 heterocycles. The van der Waals surface area contributed by atoms with Gasteiger partial charge in [0.2, 0.25) is 0 Å². The topological polar surface area (TPSA) is 3.24 Å². The van der Waals surface area contributed by atoms with Crippen LogP contribution >= 0.6 is 11.3 Å². The quantitative estimate of drug-likeness (QED) is 0.164. The molecular weight excluding hydrogens is 707 g/mol. The number of thiophene rings is 1. The summed E-state index contributed by atoms with van der Waals surface area (Å²) in [5, 5.41) is 5.11. The van der Waals surface area contributed by atoms with E-state index in [4.69, 9.17) is 0 Å². The van der Waals surface area contributed by atoms with Crippen molar-refractivity contribution in [2.24, 2.45) is 0 Å². The Bertz CT molecular complexity index is 2960. The normalized spacial score (nSPS) is 14.9. The van der Waals surface area contributed by atoms with Crippen LogP contribution in [0.5, 0.6) is 0 Å². The first-order chi connectivity index (χ1) is 28.0. The average molecular weight is 752 g/mol. The minimum absolute atomic E-state index is 0.116. The highest BCUT2D eigenvalue weighted by atomic mass is 32.1. The molecule has 0 radical (unpaired) electrons. The lowest BCUT2D eigenvalue weighted by Crippen LogP contribution is -2.17. The predicted molar refractivity (Wildman–Crippen MR) is 246 cm³/mol. The van der Waals surface area contributed by atoms with Crippen molar-refractivity contribution in [2.75, 3.05) is 4.90 Å². The second kappa shape index (κ2) is 13.6. The minimum atomic E-state index is -0.116. The molecule has 0 saturated heterocycles. The second-order valence-electron chi connectivity index (χ2n) is 16.7. The molecule has 1 nitrogen and oxygen atoms in total. The molecule has 1 fully saturated rings. The highest BCUT2D eigenvalue weighted by molar-refractivity contribution is 7.25. The Labute approximate surface area is 339 Å². The van der Waals surface area contributed by atoms with Gasteiger partial charge in [-0.05, 0) is 105 Å². The molecule has 2 aliphatic rings. The van der Waals surface area contributed by atoms with Crippen LogP contribution in [0.4, 0.5) is 17.1 Å². The van der Waals surface area contributed by atoms with E-state index < -0.39 is 0 Å². The lowest BCUT2D eigenvalue weighted by Gasteiger charge is -2.31. The van der Waals surface area contributed by atoms with Gasteiger partial charge in [0, 0.05) is 47.9 Å². The first-order valence-corrected chi connectivity index (χ1v) is 21.5. The SMILES string of the molecule is CC1(C)c2ccccc2-c2ccc(N(c3ccc(-c4ccc(C5CCCCC5)cc4)cc3)c3c(-c4ccc5c(c4)sc4ccccc45)ccc4ccccc34)cc21. The second-order valence-corrected chi connectivity index (χ2v) is 17.8. The largest absolute Gasteiger partial charge is 0.309 e. The van der Waals surface area contributed by atoms with Crippen molar-refractivity contribution in [3.8, 4) is 33.4 Å². The summed E-state index contributed by atoms with van der Waals surface area (Å²) in [6.07, 6.45) is 6.75. The Kier molecular flexibility index (Phi) is 8.19. The number of hydrogen-bond acceptors (Lipinski definition) is 2. The highest BCUT2D eigenvalue weighted by Gasteiger charge is 2.36. The minimum Gasteiger partial charge on any atom is -0.309 e. The van der Waals surface area contributed by atoms with Crippen LogP contribution < -0.4 is 4.90 Å². The maximum Gasteiger partial charge on any atom is 0.0618 e. The Morgan fingerprint density at radius 3 is 1.93 bits per heavy atom. The van der Waals surface area contributed by atoms with E-state index in [-0.39, 0.29) is 5.41 Å². The van der Waals surface area contributed by atoms with Crippen molar-refractivity contribution in [1.82, 2.24) is 0 Å². The number of anilines is 3. The van der Waals surface area contributed by atoms with E-state index >= 15 is 0 Å². The van der Waals surface area contributed by atoms with Crippen LogP contribution in [0.25, 0.3) is 64.3 Å². The fourth-order valence-corrected chi connectivity index (χ4v) is 11.2. The smallest absolute Gasteiger partial charge is 0.0618 e. The molecule has 0 atom stereocenters. The Morgan fingerprint density at radius 2 is 1.11 bits per heavy atom. The van der Waals surface area contributed by atoms with Crippen molar-refractivity contribution in [3.05, 3.63) is 187 Å². The van der Waals surface area contributed by atoms with Gasteiger partial charge in [0.05, 0.1) is 5.69 Å². The molecule has 0 N–H and O–H groups in total. The van der Waals surface area contributed by atoms with Gasteiger partial charge in [-0.1, -0.05) is 167 Å². The van der Waals surface area contributed by atoms with Crippen LogP contribution in [0.1, 0.15) is 68.6 Å². The predicted octanol–water partition coefficient (Wildman–Crippen LogP) is 16.4. The molecule has 8 aromatic carbocycles. The van der Waals surface area contributed by atoms with Crippen LogP contribution in [0, 0.1) is 0 Å². The van der Waals surface area contributed by atoms with Crippen LogP contribution in [-0.2, 0) is 5.41 Å². The fourth-order valence-electron chi connectivity index (χ4n) is 10.0. The maximum absolute atomic E-state index is 2.53. The Hall–Kier alpha value is -5.96. The van der Waals surface area contributed by atoms with E-state index in [9.17, 15) is 0 Å². The van der Waals surface area contributed by atoms with E-state index in [2.05, 4.69) is 189 Å². The van der Waals surface area contributed by atoms with Crippen molar-refractivity contribution in [3.63, 3.8) is 0 Å². The van der Waals surface area contributed by atoms with Gasteiger partial charge in [-0.3, -0.25) is 0 Å². The third-order valence-electron chi connectivity index (χ3n) is 13.1. The Balaban J connectivity index is 1.09. The van der Waals surface area contributed by atoms with E-state index in [1.807, 2.05) is 11.3 Å². The number of rotatable bonds is 6. The molecular formula is C55H45NS. The fraction of sp³-hybridized carbons (Fsp3) is 0.164. The average Bonchev–Trinajstić information content (AvgIpc) is 3.75. The summed E-state index contributed by atoms with van der Waals surface area (Å²) in [7, 11) is 0. The lowest BCUT2D eigenvalue weighted by atomic mass is 9.82. The van der Waals surface area contributed by atoms with E-state index in [1.54, 1.807) is 0 Å². The van der Waals surface area contributed by atoms with Gasteiger partial charge in [-0.2, -0.15) is 0 Å². The van der Waals surface area contributed by atoms with Crippen LogP contribution in [0.15, 0.2) is 170 Å². The summed E-state index contributed by atoms with van der Waals surface area (Å²) < 4.78 is 2.64. The summed E-state index contributed by atoms with van der Waals surface area (Å²) in [5.74, 6) is 0.711. The molecule has 276 valence electrons. The molecule has 0 spiro atoms. The Morgan fingerprint density at radius 1 is 0.474 bits per heavy atom. The summed E-state index contributed by atoms with van der Waals surface area (Å²) in [4.78, 5) is 2.53. The first-order valence-electron chi connectivity index (χ1n) is 20.7. The summed E-state index contributed by atoms with van der Waals surface area (Å²) >= 11 is 1.88. The molecule has 0 bridgehead atoms. The van der Waals surface area contributed by atoms with Crippen LogP contribution in [0.3, 0.4) is 0 Å². The standard InChI is InChI=1S/C55H45NS/c1-55(2)50-18-10-8-16-46(50)47-33-30-43(35-51(47)55)56(42-28-24-39(25-29-42)38-22-20-37(21-23-38)36-12-4-3-5-13-36)54-44-15-7-6-14-40(44)26-31-45(54)41-27-32-49-48-17-9-11-19-52(48)57-53(49)34-41/h6-11,14-36H,3-5,12-13H2,1-2H3. The molecule has 1 aromatic heterocycles. The monoisotopic (exact) mass is 751 g/mol. The van der Waals surface area contributed by atoms with Gasteiger partial charge in [-0.25, -0.2) is 0 Å². The van der Waals surface area contributed by atoms with Crippen molar-refractivity contribution in [1.29, 1.82) is 0 Å². The first kappa shape index (κ1) is 34.3. The zero-order valence-electron chi connectivity index (χ0n) is 32.6. The van der Waals surface area contributed by atoms with Gasteiger partial charge in [0.1, 0.15) is 0 Å². The molecule has 11 rings (SSSR count). The zero-order chi connectivity index (χ0) is 38.1. The van der Waals surface area contributed by atoms with Crippen LogP contribution in [-0.4, -0.2) is 0 Å². The van der Waals surface area contributed by atoms with Gasteiger partial charge >= 0.3 is 0 Å². The lowest BCUT2D eigenvalue weighted by molar-refractivity contribution is 0.443. The molecule has 9 aromatic rings. The van der Waals surface area contributed by atoms with E-state index in [1.165, 1.54) is 124 Å². The molecule has 0 unspecified atom stereocenters. The number of fused-ring (bicyclic) bond motifs is 7. The molecule has 57 heavy (non-hydrogen) atoms. The third kappa shape index (κ3) is 5.72. The molecule has 0 aliphatic heterocycles. The summed E-state index contributed by atoms with van der Waals surface area (Å²) in [5.41, 5.74) is 15.3. The van der Waals surface area contributed by atoms with Gasteiger partial charge in [-0.15, -0.1) is 11.3 Å². The third-order valence-corrected chi connectivity index (χ3v) is 14.2. The molecule has 2 aliphatic carbocycles. The van der Waals surface area contributed by atoms with Crippen molar-refractivity contribution in [2.45, 2.75) is 57.3 Å². The van der Waals surface area contributed by atoms with E-state index in [0.717, 1.165) is 5.69 Å². The van der Waals surface area contributed by atoms with Gasteiger partial charge < -0.3 is 4.90 Å². The molecule has 1 saturated carbocycles. The van der Waals surface area contributed by atoms with Gasteiger partial charge in [0.25, 0.3) is 0 Å². The highest BCUT2D eigenvalue weighted by Crippen LogP contribution is 2.52.